The first-order chi connectivity index (χ1) is 13.9. The van der Waals surface area contributed by atoms with Crippen LogP contribution in [0.5, 0.6) is 0 Å². The summed E-state index contributed by atoms with van der Waals surface area (Å²) in [5.41, 5.74) is 3.18. The maximum Gasteiger partial charge on any atom is 0.317 e. The number of carbonyl (C=O) groups excluding carboxylic acids is 2. The van der Waals surface area contributed by atoms with Crippen LogP contribution in [0.25, 0.3) is 0 Å². The predicted octanol–water partition coefficient (Wildman–Crippen LogP) is 4.18. The average Bonchev–Trinajstić information content (AvgIpc) is 2.73. The Kier molecular flexibility index (Phi) is 6.52. The monoisotopic (exact) mass is 397 g/mol. The molecule has 1 aliphatic rings. The first kappa shape index (κ1) is 20.8. The molecule has 3 rings (SSSR count). The van der Waals surface area contributed by atoms with Gasteiger partial charge in [-0.2, -0.15) is 0 Å². The highest BCUT2D eigenvalue weighted by molar-refractivity contribution is 5.94. The molecule has 0 radical (unpaired) electrons. The molecule has 2 aromatic carbocycles. The molecule has 1 unspecified atom stereocenters. The second-order valence-corrected chi connectivity index (χ2v) is 7.46. The van der Waals surface area contributed by atoms with Crippen LogP contribution in [0.2, 0.25) is 0 Å². The number of ketones is 1. The van der Waals surface area contributed by atoms with Crippen molar-refractivity contribution in [2.45, 2.75) is 33.2 Å². The van der Waals surface area contributed by atoms with Crippen LogP contribution in [0.3, 0.4) is 0 Å². The summed E-state index contributed by atoms with van der Waals surface area (Å²) in [5, 5.41) is 3.05. The summed E-state index contributed by atoms with van der Waals surface area (Å²) >= 11 is 0. The Balaban J connectivity index is 1.55. The highest BCUT2D eigenvalue weighted by Gasteiger charge is 2.24. The van der Waals surface area contributed by atoms with Crippen molar-refractivity contribution < 1.29 is 14.0 Å². The zero-order chi connectivity index (χ0) is 21.0. The van der Waals surface area contributed by atoms with Gasteiger partial charge in [-0.05, 0) is 49.6 Å². The van der Waals surface area contributed by atoms with Gasteiger partial charge in [0.25, 0.3) is 0 Å². The van der Waals surface area contributed by atoms with Gasteiger partial charge in [-0.3, -0.25) is 4.79 Å². The third-order valence-electron chi connectivity index (χ3n) is 5.49. The lowest BCUT2D eigenvalue weighted by atomic mass is 10.1. The van der Waals surface area contributed by atoms with Crippen molar-refractivity contribution in [3.8, 4) is 0 Å². The molecule has 2 amide bonds. The fourth-order valence-corrected chi connectivity index (χ4v) is 3.53. The molecule has 0 aliphatic carbocycles. The highest BCUT2D eigenvalue weighted by Crippen LogP contribution is 2.22. The number of nitrogens with one attached hydrogen (secondary N) is 1. The van der Waals surface area contributed by atoms with E-state index in [0.29, 0.717) is 37.4 Å². The zero-order valence-corrected chi connectivity index (χ0v) is 17.2. The maximum atomic E-state index is 14.4. The molecule has 0 bridgehead atoms. The van der Waals surface area contributed by atoms with Gasteiger partial charge in [0, 0.05) is 31.7 Å². The molecule has 1 N–H and O–H groups in total. The second-order valence-electron chi connectivity index (χ2n) is 7.46. The fraction of sp³-hybridized carbons (Fsp3) is 0.391. The van der Waals surface area contributed by atoms with Crippen LogP contribution in [0.4, 0.5) is 14.9 Å². The standard InChI is InChI=1S/C23H28FN3O2/c1-4-18-5-7-19(8-6-18)16(2)25-23(29)27-13-11-26(12-14-27)22-10-9-20(17(3)28)15-21(22)24/h5-10,15-16H,4,11-14H2,1-3H3,(H,25,29). The Bertz CT molecular complexity index is 874. The molecule has 29 heavy (non-hydrogen) atoms. The molecule has 154 valence electrons. The second kappa shape index (κ2) is 9.07. The van der Waals surface area contributed by atoms with E-state index in [1.54, 1.807) is 17.0 Å². The first-order valence-electron chi connectivity index (χ1n) is 10.1. The van der Waals surface area contributed by atoms with Crippen molar-refractivity contribution in [3.63, 3.8) is 0 Å². The first-order valence-corrected chi connectivity index (χ1v) is 10.1. The molecule has 5 nitrogen and oxygen atoms in total. The third kappa shape index (κ3) is 4.94. The SMILES string of the molecule is CCc1ccc(C(C)NC(=O)N2CCN(c3ccc(C(C)=O)cc3F)CC2)cc1. The number of anilines is 1. The summed E-state index contributed by atoms with van der Waals surface area (Å²) in [5.74, 6) is -0.560. The minimum atomic E-state index is -0.403. The van der Waals surface area contributed by atoms with Crippen LogP contribution >= 0.6 is 0 Å². The van der Waals surface area contributed by atoms with Crippen LogP contribution < -0.4 is 10.2 Å². The van der Waals surface area contributed by atoms with Gasteiger partial charge in [0.1, 0.15) is 5.82 Å². The molecule has 0 spiro atoms. The van der Waals surface area contributed by atoms with Gasteiger partial charge in [0.05, 0.1) is 11.7 Å². The van der Waals surface area contributed by atoms with Gasteiger partial charge in [-0.15, -0.1) is 0 Å². The van der Waals surface area contributed by atoms with Crippen LogP contribution in [0, 0.1) is 5.82 Å². The lowest BCUT2D eigenvalue weighted by Gasteiger charge is -2.36. The van der Waals surface area contributed by atoms with Gasteiger partial charge in [-0.1, -0.05) is 31.2 Å². The molecule has 1 heterocycles. The van der Waals surface area contributed by atoms with Crippen LogP contribution in [0.15, 0.2) is 42.5 Å². The van der Waals surface area contributed by atoms with E-state index in [0.717, 1.165) is 12.0 Å². The molecule has 0 saturated carbocycles. The summed E-state index contributed by atoms with van der Waals surface area (Å²) < 4.78 is 14.4. The fourth-order valence-electron chi connectivity index (χ4n) is 3.53. The van der Waals surface area contributed by atoms with Crippen molar-refractivity contribution in [3.05, 3.63) is 65.0 Å². The van der Waals surface area contributed by atoms with E-state index in [1.807, 2.05) is 11.8 Å². The third-order valence-corrected chi connectivity index (χ3v) is 5.49. The summed E-state index contributed by atoms with van der Waals surface area (Å²) in [6, 6.07) is 12.7. The Morgan fingerprint density at radius 2 is 1.72 bits per heavy atom. The normalized spacial score (nSPS) is 15.2. The van der Waals surface area contributed by atoms with Crippen molar-refractivity contribution in [1.29, 1.82) is 0 Å². The van der Waals surface area contributed by atoms with Crippen LogP contribution in [-0.2, 0) is 6.42 Å². The number of carbonyl (C=O) groups is 2. The van der Waals surface area contributed by atoms with E-state index in [-0.39, 0.29) is 17.9 Å². The number of Topliss-reactive ketones (excluding diaryl/α,β-unsaturated/α-hetero) is 1. The topological polar surface area (TPSA) is 52.7 Å². The molecular formula is C23H28FN3O2. The molecule has 1 fully saturated rings. The van der Waals surface area contributed by atoms with Gasteiger partial charge >= 0.3 is 6.03 Å². The number of hydrogen-bond donors (Lipinski definition) is 1. The zero-order valence-electron chi connectivity index (χ0n) is 17.2. The number of amides is 2. The number of rotatable bonds is 5. The molecule has 2 aromatic rings. The van der Waals surface area contributed by atoms with E-state index in [9.17, 15) is 14.0 Å². The Morgan fingerprint density at radius 1 is 1.07 bits per heavy atom. The van der Waals surface area contributed by atoms with E-state index in [2.05, 4.69) is 36.5 Å². The summed E-state index contributed by atoms with van der Waals surface area (Å²) in [6.07, 6.45) is 0.989. The number of piperazine rings is 1. The highest BCUT2D eigenvalue weighted by atomic mass is 19.1. The summed E-state index contributed by atoms with van der Waals surface area (Å²) in [7, 11) is 0. The quantitative estimate of drug-likeness (QED) is 0.770. The number of nitrogens with zero attached hydrogens (tertiary/aromatic N) is 2. The predicted molar refractivity (Wildman–Crippen MR) is 113 cm³/mol. The van der Waals surface area contributed by atoms with Crippen LogP contribution in [-0.4, -0.2) is 42.9 Å². The van der Waals surface area contributed by atoms with Crippen molar-refractivity contribution in [2.75, 3.05) is 31.1 Å². The number of urea groups is 1. The lowest BCUT2D eigenvalue weighted by molar-refractivity contribution is 0.101. The molecular weight excluding hydrogens is 369 g/mol. The lowest BCUT2D eigenvalue weighted by Crippen LogP contribution is -2.52. The maximum absolute atomic E-state index is 14.4. The van der Waals surface area contributed by atoms with Gasteiger partial charge in [0.2, 0.25) is 0 Å². The number of hydrogen-bond acceptors (Lipinski definition) is 3. The molecule has 1 saturated heterocycles. The van der Waals surface area contributed by atoms with E-state index in [1.165, 1.54) is 18.6 Å². The van der Waals surface area contributed by atoms with Crippen LogP contribution in [0.1, 0.15) is 48.3 Å². The minimum Gasteiger partial charge on any atom is -0.366 e. The molecule has 1 atom stereocenters. The molecule has 6 heteroatoms. The number of aryl methyl sites for hydroxylation is 1. The smallest absolute Gasteiger partial charge is 0.317 e. The Hall–Kier alpha value is -2.89. The summed E-state index contributed by atoms with van der Waals surface area (Å²) in [6.45, 7) is 7.63. The molecule has 1 aliphatic heterocycles. The molecule has 0 aromatic heterocycles. The van der Waals surface area contributed by atoms with Gasteiger partial charge in [-0.25, -0.2) is 9.18 Å². The van der Waals surface area contributed by atoms with E-state index < -0.39 is 5.82 Å². The van der Waals surface area contributed by atoms with Gasteiger partial charge in [0.15, 0.2) is 5.78 Å². The van der Waals surface area contributed by atoms with Crippen molar-refractivity contribution in [2.24, 2.45) is 0 Å². The van der Waals surface area contributed by atoms with Crippen molar-refractivity contribution in [1.82, 2.24) is 10.2 Å². The number of halogens is 1. The van der Waals surface area contributed by atoms with E-state index >= 15 is 0 Å². The minimum absolute atomic E-state index is 0.0806. The Morgan fingerprint density at radius 3 is 2.28 bits per heavy atom. The number of benzene rings is 2. The van der Waals surface area contributed by atoms with Crippen molar-refractivity contribution >= 4 is 17.5 Å². The summed E-state index contributed by atoms with van der Waals surface area (Å²) in [4.78, 5) is 27.7. The Labute approximate surface area is 171 Å². The van der Waals surface area contributed by atoms with E-state index in [4.69, 9.17) is 0 Å². The average molecular weight is 397 g/mol. The van der Waals surface area contributed by atoms with Gasteiger partial charge < -0.3 is 15.1 Å². The largest absolute Gasteiger partial charge is 0.366 e.